The van der Waals surface area contributed by atoms with Crippen LogP contribution in [0.3, 0.4) is 0 Å². The molecule has 0 spiro atoms. The molecule has 1 saturated heterocycles. The van der Waals surface area contributed by atoms with E-state index in [9.17, 15) is 0 Å². The summed E-state index contributed by atoms with van der Waals surface area (Å²) < 4.78 is 5.33. The van der Waals surface area contributed by atoms with E-state index in [1.165, 1.54) is 19.4 Å². The normalized spacial score (nSPS) is 17.4. The standard InChI is InChI=1S/C19H27ClN6O.HI/c1-3-26-11-5-8-16(26)13-23-19(21-2)22-10-9-17-24-18(25-27-17)14-6-4-7-15(20)12-14;/h4,6-7,12,16H,3,5,8-11,13H2,1-2H3,(H2,21,22,23);1H. The van der Waals surface area contributed by atoms with Gasteiger partial charge in [0, 0.05) is 43.2 Å². The van der Waals surface area contributed by atoms with Gasteiger partial charge in [-0.25, -0.2) is 0 Å². The number of likely N-dealkylation sites (N-methyl/N-ethyl adjacent to an activating group) is 1. The number of halogens is 2. The summed E-state index contributed by atoms with van der Waals surface area (Å²) in [6.45, 7) is 6.09. The van der Waals surface area contributed by atoms with Crippen LogP contribution in [0.25, 0.3) is 11.4 Å². The van der Waals surface area contributed by atoms with Crippen LogP contribution < -0.4 is 10.6 Å². The number of likely N-dealkylation sites (tertiary alicyclic amines) is 1. The number of hydrogen-bond acceptors (Lipinski definition) is 5. The lowest BCUT2D eigenvalue weighted by atomic mass is 10.2. The van der Waals surface area contributed by atoms with Gasteiger partial charge in [-0.1, -0.05) is 35.8 Å². The summed E-state index contributed by atoms with van der Waals surface area (Å²) in [5.41, 5.74) is 0.847. The van der Waals surface area contributed by atoms with Gasteiger partial charge in [-0.15, -0.1) is 24.0 Å². The first kappa shape index (κ1) is 22.9. The van der Waals surface area contributed by atoms with Crippen molar-refractivity contribution in [3.8, 4) is 11.4 Å². The lowest BCUT2D eigenvalue weighted by molar-refractivity contribution is 0.267. The first-order valence-electron chi connectivity index (χ1n) is 9.46. The van der Waals surface area contributed by atoms with Crippen LogP contribution >= 0.6 is 35.6 Å². The van der Waals surface area contributed by atoms with Gasteiger partial charge in [-0.05, 0) is 38.1 Å². The Bertz CT molecular complexity index is 768. The molecule has 1 atom stereocenters. The summed E-state index contributed by atoms with van der Waals surface area (Å²) in [4.78, 5) is 11.2. The van der Waals surface area contributed by atoms with Crippen LogP contribution in [-0.4, -0.2) is 60.3 Å². The van der Waals surface area contributed by atoms with Gasteiger partial charge in [0.2, 0.25) is 11.7 Å². The molecule has 1 fully saturated rings. The van der Waals surface area contributed by atoms with Crippen molar-refractivity contribution < 1.29 is 4.52 Å². The lowest BCUT2D eigenvalue weighted by Crippen LogP contribution is -2.45. The topological polar surface area (TPSA) is 78.6 Å². The Morgan fingerprint density at radius 1 is 1.39 bits per heavy atom. The molecule has 1 aromatic heterocycles. The third kappa shape index (κ3) is 6.31. The number of guanidine groups is 1. The maximum absolute atomic E-state index is 6.01. The number of hydrogen-bond donors (Lipinski definition) is 2. The fraction of sp³-hybridized carbons (Fsp3) is 0.526. The van der Waals surface area contributed by atoms with Crippen LogP contribution in [0, 0.1) is 0 Å². The number of rotatable bonds is 7. The van der Waals surface area contributed by atoms with E-state index in [2.05, 4.69) is 37.6 Å². The van der Waals surface area contributed by atoms with Gasteiger partial charge in [0.05, 0.1) is 0 Å². The molecule has 1 aliphatic rings. The van der Waals surface area contributed by atoms with Gasteiger partial charge in [0.15, 0.2) is 5.96 Å². The summed E-state index contributed by atoms with van der Waals surface area (Å²) in [5, 5.41) is 11.4. The highest BCUT2D eigenvalue weighted by Gasteiger charge is 2.22. The molecule has 2 heterocycles. The minimum atomic E-state index is 0. The number of benzene rings is 1. The van der Waals surface area contributed by atoms with Crippen LogP contribution in [0.15, 0.2) is 33.8 Å². The molecule has 2 aromatic rings. The molecule has 0 amide bonds. The smallest absolute Gasteiger partial charge is 0.228 e. The fourth-order valence-corrected chi connectivity index (χ4v) is 3.56. The van der Waals surface area contributed by atoms with Gasteiger partial charge >= 0.3 is 0 Å². The summed E-state index contributed by atoms with van der Waals surface area (Å²) in [6, 6.07) is 8.01. The Morgan fingerprint density at radius 3 is 3.00 bits per heavy atom. The Kier molecular flexibility index (Phi) is 9.46. The monoisotopic (exact) mass is 518 g/mol. The van der Waals surface area contributed by atoms with E-state index in [0.717, 1.165) is 24.6 Å². The number of nitrogens with one attached hydrogen (secondary N) is 2. The van der Waals surface area contributed by atoms with E-state index >= 15 is 0 Å². The van der Waals surface area contributed by atoms with Crippen LogP contribution in [0.1, 0.15) is 25.7 Å². The zero-order valence-electron chi connectivity index (χ0n) is 16.3. The molecule has 1 unspecified atom stereocenters. The van der Waals surface area contributed by atoms with Gasteiger partial charge in [0.1, 0.15) is 0 Å². The van der Waals surface area contributed by atoms with Crippen LogP contribution in [0.4, 0.5) is 0 Å². The zero-order valence-corrected chi connectivity index (χ0v) is 19.4. The number of aliphatic imine (C=N–C) groups is 1. The predicted octanol–water partition coefficient (Wildman–Crippen LogP) is 3.20. The van der Waals surface area contributed by atoms with E-state index in [1.54, 1.807) is 7.05 Å². The van der Waals surface area contributed by atoms with Gasteiger partial charge in [-0.2, -0.15) is 4.98 Å². The SMILES string of the molecule is CCN1CCCC1CNC(=NC)NCCc1nc(-c2cccc(Cl)c2)no1.I. The quantitative estimate of drug-likeness (QED) is 0.333. The van der Waals surface area contributed by atoms with Crippen LogP contribution in [-0.2, 0) is 6.42 Å². The second kappa shape index (κ2) is 11.6. The van der Waals surface area contributed by atoms with Crippen molar-refractivity contribution in [1.82, 2.24) is 25.7 Å². The lowest BCUT2D eigenvalue weighted by Gasteiger charge is -2.23. The molecule has 0 aliphatic carbocycles. The van der Waals surface area contributed by atoms with Crippen LogP contribution in [0.5, 0.6) is 0 Å². The molecule has 0 radical (unpaired) electrons. The van der Waals surface area contributed by atoms with Crippen molar-refractivity contribution in [2.45, 2.75) is 32.2 Å². The highest BCUT2D eigenvalue weighted by Crippen LogP contribution is 2.20. The summed E-state index contributed by atoms with van der Waals surface area (Å²) in [5.74, 6) is 1.93. The minimum Gasteiger partial charge on any atom is -0.356 e. The second-order valence-electron chi connectivity index (χ2n) is 6.58. The Hall–Kier alpha value is -1.39. The molecule has 28 heavy (non-hydrogen) atoms. The Labute approximate surface area is 188 Å². The zero-order chi connectivity index (χ0) is 19.1. The molecule has 0 saturated carbocycles. The molecule has 154 valence electrons. The molecule has 7 nitrogen and oxygen atoms in total. The first-order valence-corrected chi connectivity index (χ1v) is 9.84. The van der Waals surface area contributed by atoms with E-state index in [0.29, 0.717) is 35.7 Å². The molecule has 2 N–H and O–H groups in total. The average molecular weight is 519 g/mol. The summed E-state index contributed by atoms with van der Waals surface area (Å²) in [6.07, 6.45) is 3.14. The van der Waals surface area contributed by atoms with E-state index < -0.39 is 0 Å². The van der Waals surface area contributed by atoms with E-state index in [-0.39, 0.29) is 24.0 Å². The van der Waals surface area contributed by atoms with Gasteiger partial charge < -0.3 is 15.2 Å². The largest absolute Gasteiger partial charge is 0.356 e. The molecule has 1 aromatic carbocycles. The van der Waals surface area contributed by atoms with Gasteiger partial charge in [0.25, 0.3) is 0 Å². The summed E-state index contributed by atoms with van der Waals surface area (Å²) in [7, 11) is 1.78. The van der Waals surface area contributed by atoms with Crippen molar-refractivity contribution in [3.05, 3.63) is 35.2 Å². The minimum absolute atomic E-state index is 0. The van der Waals surface area contributed by atoms with Crippen molar-refractivity contribution in [2.75, 3.05) is 33.2 Å². The molecule has 9 heteroatoms. The van der Waals surface area contributed by atoms with E-state index in [4.69, 9.17) is 16.1 Å². The summed E-state index contributed by atoms with van der Waals surface area (Å²) >= 11 is 6.01. The predicted molar refractivity (Wildman–Crippen MR) is 123 cm³/mol. The van der Waals surface area contributed by atoms with Crippen molar-refractivity contribution in [3.63, 3.8) is 0 Å². The molecular weight excluding hydrogens is 491 g/mol. The number of aromatic nitrogens is 2. The Balaban J connectivity index is 0.00000280. The van der Waals surface area contributed by atoms with Crippen molar-refractivity contribution in [1.29, 1.82) is 0 Å². The van der Waals surface area contributed by atoms with Crippen molar-refractivity contribution >= 4 is 41.5 Å². The molecule has 1 aliphatic heterocycles. The third-order valence-electron chi connectivity index (χ3n) is 4.82. The second-order valence-corrected chi connectivity index (χ2v) is 7.01. The van der Waals surface area contributed by atoms with Crippen LogP contribution in [0.2, 0.25) is 5.02 Å². The highest BCUT2D eigenvalue weighted by atomic mass is 127. The molecule has 0 bridgehead atoms. The van der Waals surface area contributed by atoms with E-state index in [1.807, 2.05) is 24.3 Å². The third-order valence-corrected chi connectivity index (χ3v) is 5.05. The van der Waals surface area contributed by atoms with Gasteiger partial charge in [-0.3, -0.25) is 9.89 Å². The first-order chi connectivity index (χ1) is 13.2. The maximum Gasteiger partial charge on any atom is 0.228 e. The Morgan fingerprint density at radius 2 is 2.25 bits per heavy atom. The van der Waals surface area contributed by atoms with Crippen molar-refractivity contribution in [2.24, 2.45) is 4.99 Å². The fourth-order valence-electron chi connectivity index (χ4n) is 3.37. The molecular formula is C19H28ClIN6O. The average Bonchev–Trinajstić information content (AvgIpc) is 3.33. The highest BCUT2D eigenvalue weighted by molar-refractivity contribution is 14.0. The number of nitrogens with zero attached hydrogens (tertiary/aromatic N) is 4. The molecule has 3 rings (SSSR count). The maximum atomic E-state index is 6.01.